The van der Waals surface area contributed by atoms with Crippen LogP contribution in [0.15, 0.2) is 85.1 Å². The van der Waals surface area contributed by atoms with Gasteiger partial charge in [0.1, 0.15) is 24.2 Å². The van der Waals surface area contributed by atoms with E-state index in [1.165, 1.54) is 11.0 Å². The lowest BCUT2D eigenvalue weighted by molar-refractivity contribution is -0.119. The molecule has 1 aromatic heterocycles. The summed E-state index contributed by atoms with van der Waals surface area (Å²) >= 11 is 0. The van der Waals surface area contributed by atoms with E-state index in [-0.39, 0.29) is 24.2 Å². The Bertz CT molecular complexity index is 1540. The van der Waals surface area contributed by atoms with Crippen molar-refractivity contribution in [3.63, 3.8) is 0 Å². The second-order valence-corrected chi connectivity index (χ2v) is 9.79. The molecule has 1 saturated carbocycles. The summed E-state index contributed by atoms with van der Waals surface area (Å²) in [6.45, 7) is 1.83. The Hall–Kier alpha value is -4.46. The SMILES string of the molecule is Cc1cccc([C@H]2c3cccn3-c3ccccc3N2C(=O)CN(C(=O)Nc2ccc(F)cc2F)C2CC2)c1. The predicted octanol–water partition coefficient (Wildman–Crippen LogP) is 6.20. The van der Waals surface area contributed by atoms with Crippen LogP contribution in [0.5, 0.6) is 0 Å². The number of carbonyl (C=O) groups is 2. The highest BCUT2D eigenvalue weighted by Crippen LogP contribution is 2.42. The van der Waals surface area contributed by atoms with Crippen LogP contribution in [0.3, 0.4) is 0 Å². The van der Waals surface area contributed by atoms with Gasteiger partial charge in [0.15, 0.2) is 0 Å². The molecule has 0 unspecified atom stereocenters. The summed E-state index contributed by atoms with van der Waals surface area (Å²) in [5.41, 5.74) is 4.47. The van der Waals surface area contributed by atoms with Gasteiger partial charge in [0.25, 0.3) is 0 Å². The summed E-state index contributed by atoms with van der Waals surface area (Å²) in [5, 5.41) is 2.52. The molecular weight excluding hydrogens is 486 g/mol. The summed E-state index contributed by atoms with van der Waals surface area (Å²) in [6, 6.07) is 21.6. The fourth-order valence-corrected chi connectivity index (χ4v) is 5.17. The molecule has 8 heteroatoms. The number of benzene rings is 3. The number of urea groups is 1. The minimum Gasteiger partial charge on any atom is -0.316 e. The van der Waals surface area contributed by atoms with Crippen molar-refractivity contribution in [2.75, 3.05) is 16.8 Å². The number of hydrogen-bond donors (Lipinski definition) is 1. The number of halogens is 2. The maximum atomic E-state index is 14.2. The van der Waals surface area contributed by atoms with Gasteiger partial charge in [-0.2, -0.15) is 0 Å². The molecule has 1 aliphatic carbocycles. The standard InChI is InChI=1S/C30H26F2N4O2/c1-19-6-4-7-20(16-19)29-27-10-5-15-34(27)25-8-2-3-9-26(25)36(29)28(37)18-35(22-12-13-22)30(38)33-24-14-11-21(31)17-23(24)32/h2-11,14-17,22,29H,12-13,18H2,1H3,(H,33,38)/t29-/m0/s1. The van der Waals surface area contributed by atoms with Gasteiger partial charge in [-0.25, -0.2) is 13.6 Å². The van der Waals surface area contributed by atoms with Crippen molar-refractivity contribution in [2.24, 2.45) is 0 Å². The zero-order valence-corrected chi connectivity index (χ0v) is 20.8. The number of carbonyl (C=O) groups excluding carboxylic acids is 2. The van der Waals surface area contributed by atoms with E-state index in [2.05, 4.69) is 16.0 Å². The first-order chi connectivity index (χ1) is 18.4. The summed E-state index contributed by atoms with van der Waals surface area (Å²) in [4.78, 5) is 30.6. The van der Waals surface area contributed by atoms with E-state index in [1.807, 2.05) is 67.7 Å². The molecule has 3 amide bonds. The Morgan fingerprint density at radius 1 is 0.947 bits per heavy atom. The first-order valence-corrected chi connectivity index (χ1v) is 12.6. The zero-order valence-electron chi connectivity index (χ0n) is 20.8. The maximum Gasteiger partial charge on any atom is 0.322 e. The molecule has 4 aromatic rings. The molecule has 0 bridgehead atoms. The molecule has 2 aliphatic rings. The van der Waals surface area contributed by atoms with E-state index in [1.54, 1.807) is 4.90 Å². The highest BCUT2D eigenvalue weighted by Gasteiger charge is 2.40. The van der Waals surface area contributed by atoms with Crippen LogP contribution in [-0.2, 0) is 4.79 Å². The van der Waals surface area contributed by atoms with Crippen molar-refractivity contribution in [2.45, 2.75) is 31.8 Å². The quantitative estimate of drug-likeness (QED) is 0.346. The Labute approximate surface area is 219 Å². The second kappa shape index (κ2) is 9.45. The molecule has 0 spiro atoms. The van der Waals surface area contributed by atoms with Crippen molar-refractivity contribution in [3.05, 3.63) is 114 Å². The highest BCUT2D eigenvalue weighted by atomic mass is 19.1. The fourth-order valence-electron chi connectivity index (χ4n) is 5.17. The van der Waals surface area contributed by atoms with Crippen molar-refractivity contribution >= 4 is 23.3 Å². The normalized spacial score (nSPS) is 16.0. The largest absolute Gasteiger partial charge is 0.322 e. The molecule has 0 saturated heterocycles. The lowest BCUT2D eigenvalue weighted by Crippen LogP contribution is -2.48. The number of amides is 3. The zero-order chi connectivity index (χ0) is 26.4. The van der Waals surface area contributed by atoms with Crippen molar-refractivity contribution < 1.29 is 18.4 Å². The molecule has 192 valence electrons. The Morgan fingerprint density at radius 3 is 2.47 bits per heavy atom. The number of fused-ring (bicyclic) bond motifs is 3. The summed E-state index contributed by atoms with van der Waals surface area (Å²) in [6.07, 6.45) is 3.50. The smallest absolute Gasteiger partial charge is 0.316 e. The maximum absolute atomic E-state index is 14.2. The van der Waals surface area contributed by atoms with Crippen LogP contribution in [0.1, 0.15) is 35.7 Å². The van der Waals surface area contributed by atoms with E-state index in [0.29, 0.717) is 6.07 Å². The number of aromatic nitrogens is 1. The van der Waals surface area contributed by atoms with Gasteiger partial charge < -0.3 is 14.8 Å². The molecule has 1 N–H and O–H groups in total. The average Bonchev–Trinajstić information content (AvgIpc) is 3.63. The third kappa shape index (κ3) is 4.32. The third-order valence-corrected chi connectivity index (χ3v) is 7.07. The van der Waals surface area contributed by atoms with E-state index >= 15 is 0 Å². The summed E-state index contributed by atoms with van der Waals surface area (Å²) < 4.78 is 29.7. The molecule has 6 nitrogen and oxygen atoms in total. The molecule has 38 heavy (non-hydrogen) atoms. The molecule has 1 atom stereocenters. The topological polar surface area (TPSA) is 57.6 Å². The predicted molar refractivity (Wildman–Crippen MR) is 141 cm³/mol. The van der Waals surface area contributed by atoms with Crippen molar-refractivity contribution in [1.82, 2.24) is 9.47 Å². The van der Waals surface area contributed by atoms with Crippen LogP contribution in [0.25, 0.3) is 5.69 Å². The van der Waals surface area contributed by atoms with Gasteiger partial charge in [-0.3, -0.25) is 9.69 Å². The number of aryl methyl sites for hydroxylation is 1. The monoisotopic (exact) mass is 512 g/mol. The van der Waals surface area contributed by atoms with Crippen LogP contribution in [-0.4, -0.2) is 34.0 Å². The van der Waals surface area contributed by atoms with Gasteiger partial charge in [0, 0.05) is 18.3 Å². The molecule has 0 radical (unpaired) electrons. The van der Waals surface area contributed by atoms with Gasteiger partial charge in [0.2, 0.25) is 5.91 Å². The minimum atomic E-state index is -0.870. The molecular formula is C30H26F2N4O2. The molecule has 1 aliphatic heterocycles. The number of nitrogens with one attached hydrogen (secondary N) is 1. The third-order valence-electron chi connectivity index (χ3n) is 7.07. The Balaban J connectivity index is 1.36. The van der Waals surface area contributed by atoms with E-state index in [0.717, 1.165) is 47.1 Å². The molecule has 1 fully saturated rings. The fraction of sp³-hybridized carbons (Fsp3) is 0.200. The van der Waals surface area contributed by atoms with Crippen molar-refractivity contribution in [3.8, 4) is 5.69 Å². The lowest BCUT2D eigenvalue weighted by Gasteiger charge is -2.39. The van der Waals surface area contributed by atoms with Crippen LogP contribution < -0.4 is 10.2 Å². The minimum absolute atomic E-state index is 0.122. The van der Waals surface area contributed by atoms with Crippen LogP contribution in [0.4, 0.5) is 25.0 Å². The highest BCUT2D eigenvalue weighted by molar-refractivity contribution is 6.01. The first kappa shape index (κ1) is 23.9. The number of anilines is 2. The van der Waals surface area contributed by atoms with Gasteiger partial charge in [0.05, 0.1) is 22.8 Å². The summed E-state index contributed by atoms with van der Waals surface area (Å²) in [7, 11) is 0. The lowest BCUT2D eigenvalue weighted by atomic mass is 9.96. The van der Waals surface area contributed by atoms with Crippen LogP contribution >= 0.6 is 0 Å². The number of hydrogen-bond acceptors (Lipinski definition) is 2. The van der Waals surface area contributed by atoms with Gasteiger partial charge in [-0.05, 0) is 61.7 Å². The van der Waals surface area contributed by atoms with Gasteiger partial charge >= 0.3 is 6.03 Å². The Morgan fingerprint density at radius 2 is 1.74 bits per heavy atom. The molecule has 6 rings (SSSR count). The van der Waals surface area contributed by atoms with E-state index in [9.17, 15) is 18.4 Å². The average molecular weight is 513 g/mol. The van der Waals surface area contributed by atoms with E-state index < -0.39 is 23.7 Å². The molecule has 3 aromatic carbocycles. The first-order valence-electron chi connectivity index (χ1n) is 12.6. The summed E-state index contributed by atoms with van der Waals surface area (Å²) in [5.74, 6) is -1.85. The number of para-hydroxylation sites is 2. The van der Waals surface area contributed by atoms with Crippen molar-refractivity contribution in [1.29, 1.82) is 0 Å². The van der Waals surface area contributed by atoms with Crippen LogP contribution in [0, 0.1) is 18.6 Å². The van der Waals surface area contributed by atoms with Crippen LogP contribution in [0.2, 0.25) is 0 Å². The molecule has 2 heterocycles. The second-order valence-electron chi connectivity index (χ2n) is 9.79. The Kier molecular flexibility index (Phi) is 5.94. The number of rotatable bonds is 5. The van der Waals surface area contributed by atoms with Gasteiger partial charge in [-0.1, -0.05) is 42.0 Å². The number of nitrogens with zero attached hydrogens (tertiary/aromatic N) is 3. The van der Waals surface area contributed by atoms with E-state index in [4.69, 9.17) is 0 Å². The van der Waals surface area contributed by atoms with Gasteiger partial charge in [-0.15, -0.1) is 0 Å².